The van der Waals surface area contributed by atoms with Crippen LogP contribution in [0.15, 0.2) is 24.5 Å². The molecule has 96 valence electrons. The van der Waals surface area contributed by atoms with Crippen molar-refractivity contribution < 1.29 is 9.13 Å². The van der Waals surface area contributed by atoms with Crippen molar-refractivity contribution >= 4 is 0 Å². The molecule has 0 bridgehead atoms. The SMILES string of the molecule is C[C@@H](N)c1ccc(OCc2ncnn2C)cc1F. The average Bonchev–Trinajstić information content (AvgIpc) is 2.72. The third-order valence-electron chi connectivity index (χ3n) is 2.64. The molecular weight excluding hydrogens is 235 g/mol. The molecule has 2 aromatic rings. The standard InChI is InChI=1S/C12H15FN4O/c1-8(14)10-4-3-9(5-11(10)13)18-6-12-15-7-16-17(12)2/h3-5,7-8H,6,14H2,1-2H3/t8-/m1/s1. The predicted octanol–water partition coefficient (Wildman–Crippen LogP) is 1.55. The highest BCUT2D eigenvalue weighted by Crippen LogP contribution is 2.21. The third kappa shape index (κ3) is 2.65. The molecule has 2 rings (SSSR count). The number of hydrogen-bond donors (Lipinski definition) is 1. The lowest BCUT2D eigenvalue weighted by Gasteiger charge is -2.10. The van der Waals surface area contributed by atoms with Crippen LogP contribution in [0.5, 0.6) is 5.75 Å². The predicted molar refractivity (Wildman–Crippen MR) is 64.3 cm³/mol. The van der Waals surface area contributed by atoms with Gasteiger partial charge in [0.05, 0.1) is 0 Å². The molecule has 0 aliphatic carbocycles. The molecule has 0 unspecified atom stereocenters. The van der Waals surface area contributed by atoms with Gasteiger partial charge >= 0.3 is 0 Å². The van der Waals surface area contributed by atoms with Crippen LogP contribution in [0.25, 0.3) is 0 Å². The number of aromatic nitrogens is 3. The maximum atomic E-state index is 13.7. The Balaban J connectivity index is 2.07. The second-order valence-electron chi connectivity index (χ2n) is 4.06. The van der Waals surface area contributed by atoms with E-state index in [1.165, 1.54) is 12.4 Å². The molecule has 1 aromatic carbocycles. The molecule has 0 spiro atoms. The average molecular weight is 250 g/mol. The number of rotatable bonds is 4. The van der Waals surface area contributed by atoms with Crippen LogP contribution in [0, 0.1) is 5.82 Å². The summed E-state index contributed by atoms with van der Waals surface area (Å²) in [6.45, 7) is 1.98. The van der Waals surface area contributed by atoms with Gasteiger partial charge in [-0.2, -0.15) is 5.10 Å². The molecule has 5 nitrogen and oxygen atoms in total. The first kappa shape index (κ1) is 12.5. The minimum atomic E-state index is -0.361. The molecule has 0 saturated heterocycles. The molecule has 1 heterocycles. The summed E-state index contributed by atoms with van der Waals surface area (Å²) in [6.07, 6.45) is 1.44. The van der Waals surface area contributed by atoms with Gasteiger partial charge in [-0.15, -0.1) is 0 Å². The zero-order valence-electron chi connectivity index (χ0n) is 10.3. The van der Waals surface area contributed by atoms with E-state index in [1.54, 1.807) is 30.8 Å². The zero-order chi connectivity index (χ0) is 13.1. The summed E-state index contributed by atoms with van der Waals surface area (Å²) >= 11 is 0. The van der Waals surface area contributed by atoms with Gasteiger partial charge < -0.3 is 10.5 Å². The van der Waals surface area contributed by atoms with Crippen LogP contribution in [-0.2, 0) is 13.7 Å². The van der Waals surface area contributed by atoms with E-state index in [0.29, 0.717) is 17.1 Å². The number of halogens is 1. The molecule has 1 aromatic heterocycles. The Bertz CT molecular complexity index is 539. The highest BCUT2D eigenvalue weighted by atomic mass is 19.1. The topological polar surface area (TPSA) is 66.0 Å². The molecular formula is C12H15FN4O. The fourth-order valence-corrected chi connectivity index (χ4v) is 1.57. The lowest BCUT2D eigenvalue weighted by atomic mass is 10.1. The van der Waals surface area contributed by atoms with Crippen LogP contribution in [0.2, 0.25) is 0 Å². The molecule has 18 heavy (non-hydrogen) atoms. The summed E-state index contributed by atoms with van der Waals surface area (Å²) in [5.41, 5.74) is 6.11. The van der Waals surface area contributed by atoms with E-state index in [-0.39, 0.29) is 18.5 Å². The van der Waals surface area contributed by atoms with Crippen molar-refractivity contribution in [1.29, 1.82) is 0 Å². The van der Waals surface area contributed by atoms with Gasteiger partial charge in [-0.05, 0) is 13.0 Å². The van der Waals surface area contributed by atoms with Gasteiger partial charge in [-0.3, -0.25) is 4.68 Å². The van der Waals surface area contributed by atoms with Gasteiger partial charge in [0, 0.05) is 24.7 Å². The van der Waals surface area contributed by atoms with Crippen LogP contribution in [0.3, 0.4) is 0 Å². The molecule has 0 saturated carbocycles. The van der Waals surface area contributed by atoms with Crippen LogP contribution < -0.4 is 10.5 Å². The first-order valence-corrected chi connectivity index (χ1v) is 5.58. The molecule has 0 amide bonds. The van der Waals surface area contributed by atoms with E-state index in [4.69, 9.17) is 10.5 Å². The second-order valence-corrected chi connectivity index (χ2v) is 4.06. The maximum absolute atomic E-state index is 13.7. The van der Waals surface area contributed by atoms with E-state index in [1.807, 2.05) is 0 Å². The summed E-state index contributed by atoms with van der Waals surface area (Å²) in [4.78, 5) is 4.01. The highest BCUT2D eigenvalue weighted by molar-refractivity contribution is 5.30. The molecule has 0 radical (unpaired) electrons. The zero-order valence-corrected chi connectivity index (χ0v) is 10.3. The van der Waals surface area contributed by atoms with E-state index >= 15 is 0 Å². The van der Waals surface area contributed by atoms with Crippen molar-refractivity contribution in [3.8, 4) is 5.75 Å². The number of aryl methyl sites for hydroxylation is 1. The van der Waals surface area contributed by atoms with E-state index < -0.39 is 0 Å². The number of ether oxygens (including phenoxy) is 1. The first-order chi connectivity index (χ1) is 8.58. The van der Waals surface area contributed by atoms with Crippen molar-refractivity contribution in [3.63, 3.8) is 0 Å². The van der Waals surface area contributed by atoms with Gasteiger partial charge in [0.1, 0.15) is 24.5 Å². The van der Waals surface area contributed by atoms with Gasteiger partial charge in [-0.25, -0.2) is 9.37 Å². The van der Waals surface area contributed by atoms with E-state index in [9.17, 15) is 4.39 Å². The summed E-state index contributed by atoms with van der Waals surface area (Å²) in [5, 5.41) is 3.92. The van der Waals surface area contributed by atoms with Gasteiger partial charge in [0.25, 0.3) is 0 Å². The molecule has 0 aliphatic rings. The minimum Gasteiger partial charge on any atom is -0.486 e. The number of nitrogens with zero attached hydrogens (tertiary/aromatic N) is 3. The van der Waals surface area contributed by atoms with E-state index in [2.05, 4.69) is 10.1 Å². The minimum absolute atomic E-state index is 0.244. The summed E-state index contributed by atoms with van der Waals surface area (Å²) in [6, 6.07) is 4.32. The highest BCUT2D eigenvalue weighted by Gasteiger charge is 2.09. The van der Waals surface area contributed by atoms with Crippen LogP contribution in [-0.4, -0.2) is 14.8 Å². The lowest BCUT2D eigenvalue weighted by Crippen LogP contribution is -2.08. The Morgan fingerprint density at radius 1 is 1.50 bits per heavy atom. The molecule has 0 fully saturated rings. The van der Waals surface area contributed by atoms with Crippen LogP contribution in [0.4, 0.5) is 4.39 Å². The molecule has 0 aliphatic heterocycles. The number of benzene rings is 1. The number of hydrogen-bond acceptors (Lipinski definition) is 4. The normalized spacial score (nSPS) is 12.4. The van der Waals surface area contributed by atoms with Gasteiger partial charge in [0.2, 0.25) is 0 Å². The van der Waals surface area contributed by atoms with Crippen molar-refractivity contribution in [2.75, 3.05) is 0 Å². The van der Waals surface area contributed by atoms with E-state index in [0.717, 1.165) is 0 Å². The number of nitrogens with two attached hydrogens (primary N) is 1. The molecule has 6 heteroatoms. The Morgan fingerprint density at radius 3 is 2.83 bits per heavy atom. The third-order valence-corrected chi connectivity index (χ3v) is 2.64. The summed E-state index contributed by atoms with van der Waals surface area (Å²) in [5.74, 6) is 0.757. The van der Waals surface area contributed by atoms with Crippen molar-refractivity contribution in [2.45, 2.75) is 19.6 Å². The quantitative estimate of drug-likeness (QED) is 0.894. The fourth-order valence-electron chi connectivity index (χ4n) is 1.57. The van der Waals surface area contributed by atoms with Crippen molar-refractivity contribution in [3.05, 3.63) is 41.7 Å². The Kier molecular flexibility index (Phi) is 3.57. The lowest BCUT2D eigenvalue weighted by molar-refractivity contribution is 0.288. The summed E-state index contributed by atoms with van der Waals surface area (Å²) in [7, 11) is 1.77. The Hall–Kier alpha value is -1.95. The van der Waals surface area contributed by atoms with Gasteiger partial charge in [-0.1, -0.05) is 6.07 Å². The monoisotopic (exact) mass is 250 g/mol. The summed E-state index contributed by atoms with van der Waals surface area (Å²) < 4.78 is 20.7. The van der Waals surface area contributed by atoms with Crippen LogP contribution in [0.1, 0.15) is 24.4 Å². The van der Waals surface area contributed by atoms with Crippen molar-refractivity contribution in [1.82, 2.24) is 14.8 Å². The molecule has 2 N–H and O–H groups in total. The Morgan fingerprint density at radius 2 is 2.28 bits per heavy atom. The van der Waals surface area contributed by atoms with Gasteiger partial charge in [0.15, 0.2) is 5.82 Å². The maximum Gasteiger partial charge on any atom is 0.164 e. The van der Waals surface area contributed by atoms with Crippen molar-refractivity contribution in [2.24, 2.45) is 12.8 Å². The fraction of sp³-hybridized carbons (Fsp3) is 0.333. The largest absolute Gasteiger partial charge is 0.486 e. The molecule has 1 atom stereocenters. The Labute approximate surface area is 104 Å². The smallest absolute Gasteiger partial charge is 0.164 e. The second kappa shape index (κ2) is 5.14. The van der Waals surface area contributed by atoms with Crippen LogP contribution >= 0.6 is 0 Å². The first-order valence-electron chi connectivity index (χ1n) is 5.58.